The van der Waals surface area contributed by atoms with Crippen LogP contribution in [0, 0.1) is 5.92 Å². The van der Waals surface area contributed by atoms with Crippen molar-refractivity contribution in [2.75, 3.05) is 13.1 Å². The smallest absolute Gasteiger partial charge is 0.407 e. The van der Waals surface area contributed by atoms with Gasteiger partial charge in [-0.3, -0.25) is 0 Å². The lowest BCUT2D eigenvalue weighted by atomic mass is 9.96. The van der Waals surface area contributed by atoms with Gasteiger partial charge in [0.05, 0.1) is 21.4 Å². The van der Waals surface area contributed by atoms with Gasteiger partial charge in [0.2, 0.25) is 0 Å². The zero-order valence-corrected chi connectivity index (χ0v) is 16.2. The first kappa shape index (κ1) is 18.3. The Balaban J connectivity index is 1.62. The molecule has 0 unspecified atom stereocenters. The number of nitrogens with zero attached hydrogens (tertiary/aromatic N) is 4. The van der Waals surface area contributed by atoms with E-state index in [1.807, 2.05) is 0 Å². The Morgan fingerprint density at radius 3 is 2.41 bits per heavy atom. The molecule has 1 amide bonds. The van der Waals surface area contributed by atoms with Crippen molar-refractivity contribution in [2.24, 2.45) is 5.92 Å². The van der Waals surface area contributed by atoms with E-state index in [0.29, 0.717) is 40.7 Å². The van der Waals surface area contributed by atoms with E-state index in [2.05, 4.69) is 22.5 Å². The summed E-state index contributed by atoms with van der Waals surface area (Å²) in [4.78, 5) is 12.5. The highest BCUT2D eigenvalue weighted by Gasteiger charge is 2.31. The van der Waals surface area contributed by atoms with Crippen LogP contribution in [0.5, 0.6) is 0 Å². The number of hydrogen-bond donors (Lipinski definition) is 1. The van der Waals surface area contributed by atoms with Crippen molar-refractivity contribution in [1.82, 2.24) is 19.9 Å². The summed E-state index contributed by atoms with van der Waals surface area (Å²) < 4.78 is 1.72. The molecule has 1 saturated heterocycles. The molecule has 8 heteroatoms. The van der Waals surface area contributed by atoms with Crippen molar-refractivity contribution >= 4 is 35.4 Å². The molecule has 4 rings (SSSR count). The van der Waals surface area contributed by atoms with Crippen LogP contribution in [0.2, 0.25) is 10.0 Å². The molecule has 1 aliphatic carbocycles. The highest BCUT2D eigenvalue weighted by molar-refractivity contribution is 6.37. The molecule has 1 aliphatic heterocycles. The normalized spacial score (nSPS) is 18.4. The second kappa shape index (κ2) is 7.52. The van der Waals surface area contributed by atoms with Crippen molar-refractivity contribution in [3.63, 3.8) is 0 Å². The third-order valence-electron chi connectivity index (χ3n) is 5.18. The minimum Gasteiger partial charge on any atom is -0.465 e. The highest BCUT2D eigenvalue weighted by Crippen LogP contribution is 2.42. The van der Waals surface area contributed by atoms with Crippen LogP contribution in [-0.2, 0) is 0 Å². The van der Waals surface area contributed by atoms with Gasteiger partial charge >= 0.3 is 6.09 Å². The van der Waals surface area contributed by atoms with Crippen molar-refractivity contribution in [3.8, 4) is 5.69 Å². The molecule has 2 aliphatic rings. The van der Waals surface area contributed by atoms with E-state index in [1.54, 1.807) is 22.9 Å². The fraction of sp³-hybridized carbons (Fsp3) is 0.421. The number of amides is 1. The number of halogens is 2. The molecule has 2 aromatic rings. The van der Waals surface area contributed by atoms with E-state index < -0.39 is 6.09 Å². The van der Waals surface area contributed by atoms with Crippen LogP contribution in [0.3, 0.4) is 0 Å². The molecular formula is C19H20Cl2N4O2. The van der Waals surface area contributed by atoms with E-state index in [0.717, 1.165) is 37.1 Å². The zero-order valence-electron chi connectivity index (χ0n) is 14.7. The Morgan fingerprint density at radius 2 is 1.81 bits per heavy atom. The van der Waals surface area contributed by atoms with E-state index in [-0.39, 0.29) is 0 Å². The molecule has 0 spiro atoms. The largest absolute Gasteiger partial charge is 0.465 e. The predicted molar refractivity (Wildman–Crippen MR) is 105 cm³/mol. The van der Waals surface area contributed by atoms with E-state index in [9.17, 15) is 4.79 Å². The lowest BCUT2D eigenvalue weighted by Crippen LogP contribution is -2.36. The number of benzene rings is 1. The molecule has 2 heterocycles. The van der Waals surface area contributed by atoms with E-state index >= 15 is 0 Å². The number of allylic oxidation sites excluding steroid dienone is 1. The number of carboxylic acid groups (broad SMARTS) is 1. The number of piperidine rings is 1. The van der Waals surface area contributed by atoms with E-state index in [4.69, 9.17) is 28.3 Å². The third kappa shape index (κ3) is 3.82. The van der Waals surface area contributed by atoms with Gasteiger partial charge in [-0.2, -0.15) is 0 Å². The van der Waals surface area contributed by atoms with Crippen molar-refractivity contribution in [1.29, 1.82) is 0 Å². The second-order valence-corrected chi connectivity index (χ2v) is 7.90. The topological polar surface area (TPSA) is 71.2 Å². The van der Waals surface area contributed by atoms with Gasteiger partial charge in [0.1, 0.15) is 5.69 Å². The average Bonchev–Trinajstić information content (AvgIpc) is 3.41. The molecule has 1 saturated carbocycles. The maximum absolute atomic E-state index is 11.1. The molecular weight excluding hydrogens is 387 g/mol. The number of carbonyl (C=O) groups is 1. The van der Waals surface area contributed by atoms with Gasteiger partial charge in [-0.15, -0.1) is 5.10 Å². The van der Waals surface area contributed by atoms with Crippen molar-refractivity contribution in [2.45, 2.75) is 31.6 Å². The standard InChI is InChI=1S/C19H20Cl2N4O2/c20-14-2-1-3-15(21)18(14)25-16(17(22-23-25)13-5-6-13)7-4-12-8-10-24(11-9-12)19(26)27/h1-4,7,12-13H,5-6,8-11H2,(H,26,27). The van der Waals surface area contributed by atoms with Gasteiger partial charge < -0.3 is 10.0 Å². The molecule has 0 bridgehead atoms. The summed E-state index contributed by atoms with van der Waals surface area (Å²) in [6, 6.07) is 5.38. The van der Waals surface area contributed by atoms with Crippen LogP contribution in [0.15, 0.2) is 24.3 Å². The Morgan fingerprint density at radius 1 is 1.15 bits per heavy atom. The molecule has 1 N–H and O–H groups in total. The summed E-state index contributed by atoms with van der Waals surface area (Å²) >= 11 is 12.8. The fourth-order valence-corrected chi connectivity index (χ4v) is 4.03. The second-order valence-electron chi connectivity index (χ2n) is 7.08. The Kier molecular flexibility index (Phi) is 5.10. The zero-order chi connectivity index (χ0) is 19.0. The minimum absolute atomic E-state index is 0.331. The SMILES string of the molecule is O=C(O)N1CCC(C=Cc2c(C3CC3)nnn2-c2c(Cl)cccc2Cl)CC1. The summed E-state index contributed by atoms with van der Waals surface area (Å²) in [5.41, 5.74) is 2.53. The predicted octanol–water partition coefficient (Wildman–Crippen LogP) is 4.85. The summed E-state index contributed by atoms with van der Waals surface area (Å²) in [7, 11) is 0. The summed E-state index contributed by atoms with van der Waals surface area (Å²) in [6.07, 6.45) is 7.22. The molecule has 0 radical (unpaired) electrons. The molecule has 0 atom stereocenters. The van der Waals surface area contributed by atoms with Crippen LogP contribution >= 0.6 is 23.2 Å². The number of para-hydroxylation sites is 1. The van der Waals surface area contributed by atoms with Gasteiger partial charge in [0.15, 0.2) is 0 Å². The maximum atomic E-state index is 11.1. The molecule has 1 aromatic heterocycles. The summed E-state index contributed by atoms with van der Waals surface area (Å²) in [5, 5.41) is 18.9. The average molecular weight is 407 g/mol. The fourth-order valence-electron chi connectivity index (χ4n) is 3.47. The van der Waals surface area contributed by atoms with Crippen molar-refractivity contribution in [3.05, 3.63) is 45.7 Å². The van der Waals surface area contributed by atoms with Crippen molar-refractivity contribution < 1.29 is 9.90 Å². The van der Waals surface area contributed by atoms with Gasteiger partial charge in [-0.05, 0) is 49.8 Å². The van der Waals surface area contributed by atoms with Crippen LogP contribution in [0.4, 0.5) is 4.79 Å². The summed E-state index contributed by atoms with van der Waals surface area (Å²) in [5.74, 6) is 0.770. The molecule has 27 heavy (non-hydrogen) atoms. The quantitative estimate of drug-likeness (QED) is 0.786. The van der Waals surface area contributed by atoms with Crippen LogP contribution in [-0.4, -0.2) is 44.2 Å². The number of rotatable bonds is 4. The lowest BCUT2D eigenvalue weighted by molar-refractivity contribution is 0.129. The minimum atomic E-state index is -0.843. The van der Waals surface area contributed by atoms with Gasteiger partial charge in [-0.1, -0.05) is 40.6 Å². The van der Waals surface area contributed by atoms with Crippen LogP contribution in [0.1, 0.15) is 43.0 Å². The Labute approximate surface area is 167 Å². The highest BCUT2D eigenvalue weighted by atomic mass is 35.5. The van der Waals surface area contributed by atoms with Crippen LogP contribution < -0.4 is 0 Å². The lowest BCUT2D eigenvalue weighted by Gasteiger charge is -2.28. The Hall–Kier alpha value is -2.05. The van der Waals surface area contributed by atoms with Gasteiger partial charge in [0, 0.05) is 19.0 Å². The first-order valence-corrected chi connectivity index (χ1v) is 9.86. The first-order chi connectivity index (χ1) is 13.0. The number of aromatic nitrogens is 3. The van der Waals surface area contributed by atoms with Crippen LogP contribution in [0.25, 0.3) is 11.8 Å². The Bertz CT molecular complexity index is 864. The third-order valence-corrected chi connectivity index (χ3v) is 5.79. The van der Waals surface area contributed by atoms with Gasteiger partial charge in [0.25, 0.3) is 0 Å². The molecule has 142 valence electrons. The molecule has 6 nitrogen and oxygen atoms in total. The maximum Gasteiger partial charge on any atom is 0.407 e. The molecule has 1 aromatic carbocycles. The number of likely N-dealkylation sites (tertiary alicyclic amines) is 1. The summed E-state index contributed by atoms with van der Waals surface area (Å²) in [6.45, 7) is 1.13. The van der Waals surface area contributed by atoms with Gasteiger partial charge in [-0.25, -0.2) is 9.48 Å². The monoisotopic (exact) mass is 406 g/mol. The molecule has 2 fully saturated rings. The number of hydrogen-bond acceptors (Lipinski definition) is 3. The van der Waals surface area contributed by atoms with E-state index in [1.165, 1.54) is 4.90 Å². The first-order valence-electron chi connectivity index (χ1n) is 9.10.